The summed E-state index contributed by atoms with van der Waals surface area (Å²) in [7, 11) is 1.41. The zero-order chi connectivity index (χ0) is 16.5. The number of methoxy groups -OCH3 is 1. The summed E-state index contributed by atoms with van der Waals surface area (Å²) in [5.74, 6) is -0.521. The molecule has 0 bridgehead atoms. The summed E-state index contributed by atoms with van der Waals surface area (Å²) in [4.78, 5) is 26.2. The second-order valence-corrected chi connectivity index (χ2v) is 7.53. The molecule has 4 atom stereocenters. The van der Waals surface area contributed by atoms with E-state index in [4.69, 9.17) is 10.5 Å². The van der Waals surface area contributed by atoms with Gasteiger partial charge in [0.1, 0.15) is 0 Å². The summed E-state index contributed by atoms with van der Waals surface area (Å²) < 4.78 is 4.98. The lowest BCUT2D eigenvalue weighted by Gasteiger charge is -2.41. The third-order valence-electron chi connectivity index (χ3n) is 4.64. The Morgan fingerprint density at radius 1 is 1.32 bits per heavy atom. The molecule has 0 spiro atoms. The van der Waals surface area contributed by atoms with Crippen molar-refractivity contribution in [2.45, 2.75) is 70.1 Å². The van der Waals surface area contributed by atoms with Crippen molar-refractivity contribution in [1.29, 1.82) is 0 Å². The maximum atomic E-state index is 12.2. The minimum Gasteiger partial charge on any atom is -0.469 e. The molecule has 6 heteroatoms. The van der Waals surface area contributed by atoms with Crippen LogP contribution >= 0.6 is 0 Å². The van der Waals surface area contributed by atoms with E-state index in [0.29, 0.717) is 19.4 Å². The van der Waals surface area contributed by atoms with E-state index in [1.807, 2.05) is 0 Å². The third-order valence-corrected chi connectivity index (χ3v) is 4.64. The van der Waals surface area contributed by atoms with E-state index in [9.17, 15) is 9.59 Å². The molecule has 1 aliphatic heterocycles. The molecule has 0 aromatic heterocycles. The number of nitrogens with one attached hydrogen (secondary N) is 1. The van der Waals surface area contributed by atoms with Crippen molar-refractivity contribution in [2.75, 3.05) is 13.7 Å². The number of likely N-dealkylation sites (tertiary alicyclic amines) is 1. The molecule has 0 aromatic rings. The van der Waals surface area contributed by atoms with Gasteiger partial charge in [-0.15, -0.1) is 0 Å². The molecule has 1 heterocycles. The number of nitrogens with zero attached hydrogens (tertiary/aromatic N) is 1. The quantitative estimate of drug-likeness (QED) is 0.747. The van der Waals surface area contributed by atoms with E-state index in [-0.39, 0.29) is 35.4 Å². The Hall–Kier alpha value is -1.14. The minimum atomic E-state index is -0.413. The van der Waals surface area contributed by atoms with Crippen LogP contribution in [-0.2, 0) is 14.3 Å². The summed E-state index contributed by atoms with van der Waals surface area (Å²) in [6.07, 6.45) is 3.14. The maximum absolute atomic E-state index is 12.2. The fourth-order valence-electron chi connectivity index (χ4n) is 3.73. The summed E-state index contributed by atoms with van der Waals surface area (Å²) in [6.45, 7) is 7.01. The first kappa shape index (κ1) is 17.2. The lowest BCUT2D eigenvalue weighted by molar-refractivity contribution is -0.151. The Labute approximate surface area is 132 Å². The van der Waals surface area contributed by atoms with Crippen LogP contribution in [0, 0.1) is 5.92 Å². The Morgan fingerprint density at radius 2 is 2.00 bits per heavy atom. The van der Waals surface area contributed by atoms with Crippen molar-refractivity contribution in [2.24, 2.45) is 11.7 Å². The summed E-state index contributed by atoms with van der Waals surface area (Å²) in [5, 5.41) is 3.56. The van der Waals surface area contributed by atoms with E-state index in [1.165, 1.54) is 7.11 Å². The summed E-state index contributed by atoms with van der Waals surface area (Å²) >= 11 is 0. The zero-order valence-electron chi connectivity index (χ0n) is 14.1. The molecule has 2 rings (SSSR count). The van der Waals surface area contributed by atoms with Gasteiger partial charge in [-0.3, -0.25) is 9.59 Å². The molecule has 1 saturated heterocycles. The van der Waals surface area contributed by atoms with Crippen LogP contribution in [0.3, 0.4) is 0 Å². The molecule has 6 nitrogen and oxygen atoms in total. The molecule has 126 valence electrons. The number of carbonyl (C=O) groups excluding carboxylic acids is 2. The molecule has 3 N–H and O–H groups in total. The Kier molecular flexibility index (Phi) is 5.12. The smallest absolute Gasteiger partial charge is 0.310 e. The first-order valence-corrected chi connectivity index (χ1v) is 8.14. The van der Waals surface area contributed by atoms with Gasteiger partial charge >= 0.3 is 5.97 Å². The largest absolute Gasteiger partial charge is 0.469 e. The third kappa shape index (κ3) is 3.79. The van der Waals surface area contributed by atoms with E-state index < -0.39 is 6.04 Å². The van der Waals surface area contributed by atoms with Crippen LogP contribution in [0.2, 0.25) is 0 Å². The average molecular weight is 311 g/mol. The zero-order valence-corrected chi connectivity index (χ0v) is 14.1. The minimum absolute atomic E-state index is 0.00396. The van der Waals surface area contributed by atoms with Crippen LogP contribution in [0.25, 0.3) is 0 Å². The molecular weight excluding hydrogens is 282 g/mol. The predicted molar refractivity (Wildman–Crippen MR) is 84.1 cm³/mol. The van der Waals surface area contributed by atoms with E-state index >= 15 is 0 Å². The number of amides is 1. The highest BCUT2D eigenvalue weighted by molar-refractivity contribution is 5.85. The first-order chi connectivity index (χ1) is 10.2. The summed E-state index contributed by atoms with van der Waals surface area (Å²) in [5.41, 5.74) is 5.82. The molecule has 1 aliphatic carbocycles. The van der Waals surface area contributed by atoms with E-state index in [2.05, 4.69) is 26.1 Å². The first-order valence-electron chi connectivity index (χ1n) is 8.14. The van der Waals surface area contributed by atoms with Crippen molar-refractivity contribution < 1.29 is 14.3 Å². The fraction of sp³-hybridized carbons (Fsp3) is 0.875. The van der Waals surface area contributed by atoms with Crippen LogP contribution in [0.1, 0.15) is 46.5 Å². The molecule has 0 aromatic carbocycles. The summed E-state index contributed by atoms with van der Waals surface area (Å²) in [6, 6.07) is -0.220. The molecule has 1 unspecified atom stereocenters. The highest BCUT2D eigenvalue weighted by Crippen LogP contribution is 2.32. The predicted octanol–water partition coefficient (Wildman–Crippen LogP) is 0.644. The fourth-order valence-corrected chi connectivity index (χ4v) is 3.73. The van der Waals surface area contributed by atoms with Crippen molar-refractivity contribution >= 4 is 11.9 Å². The number of hydrogen-bond acceptors (Lipinski definition) is 5. The highest BCUT2D eigenvalue weighted by Gasteiger charge is 2.44. The van der Waals surface area contributed by atoms with Gasteiger partial charge in [0.2, 0.25) is 5.91 Å². The van der Waals surface area contributed by atoms with Gasteiger partial charge in [0.25, 0.3) is 0 Å². The SMILES string of the molecule is COC(=O)[C@@H]1C[C@@H](NC(C)(C)C)CC[C@@H]1N1CCC(N)C1=O. The topological polar surface area (TPSA) is 84.7 Å². The van der Waals surface area contributed by atoms with Gasteiger partial charge in [-0.2, -0.15) is 0 Å². The molecule has 0 radical (unpaired) electrons. The molecular formula is C16H29N3O3. The molecule has 2 aliphatic rings. The molecule has 1 saturated carbocycles. The van der Waals surface area contributed by atoms with Gasteiger partial charge in [0, 0.05) is 24.2 Å². The highest BCUT2D eigenvalue weighted by atomic mass is 16.5. The number of hydrogen-bond donors (Lipinski definition) is 2. The van der Waals surface area contributed by atoms with Gasteiger partial charge < -0.3 is 20.7 Å². The van der Waals surface area contributed by atoms with Crippen LogP contribution in [0.4, 0.5) is 0 Å². The van der Waals surface area contributed by atoms with Gasteiger partial charge in [-0.1, -0.05) is 0 Å². The second kappa shape index (κ2) is 6.54. The average Bonchev–Trinajstić information content (AvgIpc) is 2.76. The van der Waals surface area contributed by atoms with Gasteiger partial charge in [0.05, 0.1) is 19.1 Å². The normalized spacial score (nSPS) is 33.1. The Bertz CT molecular complexity index is 433. The van der Waals surface area contributed by atoms with Crippen LogP contribution in [0.15, 0.2) is 0 Å². The van der Waals surface area contributed by atoms with E-state index in [1.54, 1.807) is 4.90 Å². The van der Waals surface area contributed by atoms with Crippen molar-refractivity contribution in [3.63, 3.8) is 0 Å². The number of nitrogens with two attached hydrogens (primary N) is 1. The van der Waals surface area contributed by atoms with Crippen LogP contribution in [0.5, 0.6) is 0 Å². The number of ether oxygens (including phenoxy) is 1. The van der Waals surface area contributed by atoms with Gasteiger partial charge in [-0.05, 0) is 46.5 Å². The lowest BCUT2D eigenvalue weighted by atomic mass is 9.80. The van der Waals surface area contributed by atoms with Gasteiger partial charge in [-0.25, -0.2) is 0 Å². The lowest BCUT2D eigenvalue weighted by Crippen LogP contribution is -2.54. The van der Waals surface area contributed by atoms with Crippen LogP contribution in [-0.4, -0.2) is 54.1 Å². The molecule has 22 heavy (non-hydrogen) atoms. The van der Waals surface area contributed by atoms with Crippen molar-refractivity contribution in [1.82, 2.24) is 10.2 Å². The number of rotatable bonds is 3. The van der Waals surface area contributed by atoms with Crippen molar-refractivity contribution in [3.05, 3.63) is 0 Å². The molecule has 1 amide bonds. The van der Waals surface area contributed by atoms with Gasteiger partial charge in [0.15, 0.2) is 0 Å². The number of esters is 1. The Morgan fingerprint density at radius 3 is 2.50 bits per heavy atom. The van der Waals surface area contributed by atoms with E-state index in [0.717, 1.165) is 12.8 Å². The number of carbonyl (C=O) groups is 2. The monoisotopic (exact) mass is 311 g/mol. The maximum Gasteiger partial charge on any atom is 0.310 e. The molecule has 2 fully saturated rings. The standard InChI is InChI=1S/C16H29N3O3/c1-16(2,3)18-10-5-6-13(11(9-10)15(21)22-4)19-8-7-12(17)14(19)20/h10-13,18H,5-9,17H2,1-4H3/t10-,11+,12?,13-/m0/s1. The second-order valence-electron chi connectivity index (χ2n) is 7.53. The Balaban J connectivity index is 2.11. The van der Waals surface area contributed by atoms with Crippen LogP contribution < -0.4 is 11.1 Å². The van der Waals surface area contributed by atoms with Crippen molar-refractivity contribution in [3.8, 4) is 0 Å².